The van der Waals surface area contributed by atoms with Gasteiger partial charge in [0.2, 0.25) is 0 Å². The highest BCUT2D eigenvalue weighted by atomic mass is 32.1. The predicted molar refractivity (Wildman–Crippen MR) is 67.8 cm³/mol. The summed E-state index contributed by atoms with van der Waals surface area (Å²) in [6, 6.07) is 14.0. The smallest absolute Gasteiger partial charge is 0.134 e. The van der Waals surface area contributed by atoms with Crippen molar-refractivity contribution in [1.82, 2.24) is 0 Å². The molecule has 0 aliphatic rings. The molecule has 0 fully saturated rings. The van der Waals surface area contributed by atoms with Crippen molar-refractivity contribution < 1.29 is 4.74 Å². The molecule has 0 amide bonds. The van der Waals surface area contributed by atoms with Crippen molar-refractivity contribution in [2.45, 2.75) is 12.5 Å². The molecule has 2 N–H and O–H groups in total. The average Bonchev–Trinajstić information content (AvgIpc) is 2.83. The Morgan fingerprint density at radius 3 is 2.56 bits per heavy atom. The lowest BCUT2D eigenvalue weighted by Crippen LogP contribution is -2.12. The minimum Gasteiger partial charge on any atom is -0.485 e. The van der Waals surface area contributed by atoms with Crippen LogP contribution in [0.3, 0.4) is 0 Å². The zero-order valence-electron chi connectivity index (χ0n) is 9.00. The first kappa shape index (κ1) is 11.2. The summed E-state index contributed by atoms with van der Waals surface area (Å²) in [6.07, 6.45) is 0.919. The van der Waals surface area contributed by atoms with Gasteiger partial charge in [-0.1, -0.05) is 24.3 Å². The van der Waals surface area contributed by atoms with Crippen molar-refractivity contribution in [3.8, 4) is 5.75 Å². The van der Waals surface area contributed by atoms with Gasteiger partial charge in [0.25, 0.3) is 0 Å². The number of hydrogen-bond acceptors (Lipinski definition) is 3. The summed E-state index contributed by atoms with van der Waals surface area (Å²) in [5, 5.41) is 2.06. The fourth-order valence-corrected chi connectivity index (χ4v) is 2.34. The molecule has 0 aliphatic heterocycles. The van der Waals surface area contributed by atoms with Gasteiger partial charge in [-0.15, -0.1) is 11.3 Å². The van der Waals surface area contributed by atoms with E-state index >= 15 is 0 Å². The maximum Gasteiger partial charge on any atom is 0.134 e. The van der Waals surface area contributed by atoms with Crippen LogP contribution in [-0.2, 0) is 0 Å². The minimum atomic E-state index is 0.0763. The Balaban J connectivity index is 2.09. The van der Waals surface area contributed by atoms with Crippen molar-refractivity contribution in [1.29, 1.82) is 0 Å². The van der Waals surface area contributed by atoms with E-state index in [4.69, 9.17) is 10.5 Å². The molecule has 0 radical (unpaired) electrons. The second kappa shape index (κ2) is 5.68. The molecule has 1 aromatic carbocycles. The molecular formula is C13H15NOS. The van der Waals surface area contributed by atoms with E-state index in [9.17, 15) is 0 Å². The molecule has 1 atom stereocenters. The number of nitrogens with two attached hydrogens (primary N) is 1. The van der Waals surface area contributed by atoms with Gasteiger partial charge in [0.15, 0.2) is 0 Å². The maximum atomic E-state index is 5.93. The molecule has 2 aromatic rings. The number of ether oxygens (including phenoxy) is 1. The highest BCUT2D eigenvalue weighted by Gasteiger charge is 2.13. The summed E-state index contributed by atoms with van der Waals surface area (Å²) >= 11 is 1.71. The van der Waals surface area contributed by atoms with E-state index in [2.05, 4.69) is 11.4 Å². The number of rotatable bonds is 5. The highest BCUT2D eigenvalue weighted by Crippen LogP contribution is 2.27. The van der Waals surface area contributed by atoms with Crippen LogP contribution in [0.1, 0.15) is 17.4 Å². The summed E-state index contributed by atoms with van der Waals surface area (Å²) < 4.78 is 5.93. The summed E-state index contributed by atoms with van der Waals surface area (Å²) in [6.45, 7) is 0.634. The summed E-state index contributed by atoms with van der Waals surface area (Å²) in [5.74, 6) is 0.898. The molecule has 2 nitrogen and oxygen atoms in total. The molecule has 0 aliphatic carbocycles. The van der Waals surface area contributed by atoms with E-state index in [0.717, 1.165) is 12.2 Å². The van der Waals surface area contributed by atoms with E-state index in [1.165, 1.54) is 4.88 Å². The van der Waals surface area contributed by atoms with Crippen LogP contribution in [0.25, 0.3) is 0 Å². The van der Waals surface area contributed by atoms with Gasteiger partial charge in [-0.3, -0.25) is 0 Å². The van der Waals surface area contributed by atoms with Gasteiger partial charge in [0.05, 0.1) is 0 Å². The summed E-state index contributed by atoms with van der Waals surface area (Å²) in [5.41, 5.74) is 5.61. The van der Waals surface area contributed by atoms with Crippen LogP contribution >= 0.6 is 11.3 Å². The van der Waals surface area contributed by atoms with E-state index in [-0.39, 0.29) is 6.10 Å². The zero-order chi connectivity index (χ0) is 11.2. The Hall–Kier alpha value is -1.32. The van der Waals surface area contributed by atoms with E-state index in [0.29, 0.717) is 6.54 Å². The Morgan fingerprint density at radius 2 is 1.94 bits per heavy atom. The van der Waals surface area contributed by atoms with Crippen LogP contribution in [-0.4, -0.2) is 6.54 Å². The Bertz CT molecular complexity index is 399. The van der Waals surface area contributed by atoms with Crippen molar-refractivity contribution in [3.63, 3.8) is 0 Å². The first-order chi connectivity index (χ1) is 7.90. The van der Waals surface area contributed by atoms with E-state index in [1.54, 1.807) is 11.3 Å². The lowest BCUT2D eigenvalue weighted by molar-refractivity contribution is 0.201. The number of para-hydroxylation sites is 1. The topological polar surface area (TPSA) is 35.2 Å². The van der Waals surface area contributed by atoms with Crippen LogP contribution < -0.4 is 10.5 Å². The third-order valence-electron chi connectivity index (χ3n) is 2.31. The first-order valence-corrected chi connectivity index (χ1v) is 6.23. The zero-order valence-corrected chi connectivity index (χ0v) is 9.82. The van der Waals surface area contributed by atoms with Gasteiger partial charge >= 0.3 is 0 Å². The van der Waals surface area contributed by atoms with Gasteiger partial charge in [0.1, 0.15) is 11.9 Å². The fraction of sp³-hybridized carbons (Fsp3) is 0.231. The van der Waals surface area contributed by atoms with Gasteiger partial charge < -0.3 is 10.5 Å². The number of benzene rings is 1. The molecule has 1 unspecified atom stereocenters. The Labute approximate surface area is 99.7 Å². The Morgan fingerprint density at radius 1 is 1.12 bits per heavy atom. The minimum absolute atomic E-state index is 0.0763. The highest BCUT2D eigenvalue weighted by molar-refractivity contribution is 7.10. The van der Waals surface area contributed by atoms with Gasteiger partial charge in [-0.05, 0) is 30.1 Å². The SMILES string of the molecule is NCCC(Oc1ccccc1)c1cccs1. The standard InChI is InChI=1S/C13H15NOS/c14-9-8-12(13-7-4-10-16-13)15-11-5-2-1-3-6-11/h1-7,10,12H,8-9,14H2. The normalized spacial score (nSPS) is 12.3. The molecule has 0 saturated carbocycles. The van der Waals surface area contributed by atoms with Gasteiger partial charge in [-0.2, -0.15) is 0 Å². The average molecular weight is 233 g/mol. The van der Waals surface area contributed by atoms with Crippen molar-refractivity contribution in [2.75, 3.05) is 6.54 Å². The predicted octanol–water partition coefficient (Wildman–Crippen LogP) is 3.22. The molecule has 1 heterocycles. The maximum absolute atomic E-state index is 5.93. The number of hydrogen-bond donors (Lipinski definition) is 1. The molecule has 3 heteroatoms. The Kier molecular flexibility index (Phi) is 3.97. The van der Waals surface area contributed by atoms with Crippen LogP contribution in [0.2, 0.25) is 0 Å². The largest absolute Gasteiger partial charge is 0.485 e. The summed E-state index contributed by atoms with van der Waals surface area (Å²) in [7, 11) is 0. The van der Waals surface area contributed by atoms with Crippen molar-refractivity contribution in [2.24, 2.45) is 5.73 Å². The lowest BCUT2D eigenvalue weighted by Gasteiger charge is -2.17. The van der Waals surface area contributed by atoms with Crippen LogP contribution in [0.4, 0.5) is 0 Å². The second-order valence-corrected chi connectivity index (χ2v) is 4.49. The number of thiophene rings is 1. The second-order valence-electron chi connectivity index (χ2n) is 3.51. The van der Waals surface area contributed by atoms with Crippen LogP contribution in [0.15, 0.2) is 47.8 Å². The van der Waals surface area contributed by atoms with Crippen LogP contribution in [0.5, 0.6) is 5.75 Å². The van der Waals surface area contributed by atoms with E-state index < -0.39 is 0 Å². The van der Waals surface area contributed by atoms with Gasteiger partial charge in [-0.25, -0.2) is 0 Å². The summed E-state index contributed by atoms with van der Waals surface area (Å²) in [4.78, 5) is 1.23. The van der Waals surface area contributed by atoms with E-state index in [1.807, 2.05) is 36.4 Å². The first-order valence-electron chi connectivity index (χ1n) is 5.35. The molecule has 2 rings (SSSR count). The molecule has 0 spiro atoms. The molecule has 16 heavy (non-hydrogen) atoms. The quantitative estimate of drug-likeness (QED) is 0.860. The monoisotopic (exact) mass is 233 g/mol. The third-order valence-corrected chi connectivity index (χ3v) is 3.28. The van der Waals surface area contributed by atoms with Crippen molar-refractivity contribution in [3.05, 3.63) is 52.7 Å². The van der Waals surface area contributed by atoms with Crippen LogP contribution in [0, 0.1) is 0 Å². The molecule has 0 saturated heterocycles. The fourth-order valence-electron chi connectivity index (χ4n) is 1.55. The van der Waals surface area contributed by atoms with Crippen molar-refractivity contribution >= 4 is 11.3 Å². The van der Waals surface area contributed by atoms with Gasteiger partial charge in [0, 0.05) is 11.3 Å². The molecular weight excluding hydrogens is 218 g/mol. The third kappa shape index (κ3) is 2.84. The molecule has 1 aromatic heterocycles. The lowest BCUT2D eigenvalue weighted by atomic mass is 10.2. The molecule has 0 bridgehead atoms. The molecule has 84 valence electrons.